The summed E-state index contributed by atoms with van der Waals surface area (Å²) in [5.74, 6) is 0. The Morgan fingerprint density at radius 3 is 1.25 bits per heavy atom. The van der Waals surface area contributed by atoms with Gasteiger partial charge in [0, 0.05) is 6.92 Å². The van der Waals surface area contributed by atoms with E-state index in [0.29, 0.717) is 16.7 Å². The molecule has 6 nitrogen and oxygen atoms in total. The Morgan fingerprint density at radius 1 is 0.786 bits per heavy atom. The lowest BCUT2D eigenvalue weighted by Crippen LogP contribution is -2.35. The second-order valence-corrected chi connectivity index (χ2v) is 6.54. The molecule has 28 heavy (non-hydrogen) atoms. The lowest BCUT2D eigenvalue weighted by molar-refractivity contribution is 0.140. The average molecular weight is 398 g/mol. The molecule has 0 aliphatic carbocycles. The predicted molar refractivity (Wildman–Crippen MR) is 108 cm³/mol. The van der Waals surface area contributed by atoms with E-state index in [2.05, 4.69) is 0 Å². The maximum Gasteiger partial charge on any atom is 0.398 e. The topological polar surface area (TPSA) is 122 Å². The van der Waals surface area contributed by atoms with E-state index in [9.17, 15) is 13.0 Å². The van der Waals surface area contributed by atoms with Gasteiger partial charge in [-0.2, -0.15) is 13.7 Å². The van der Waals surface area contributed by atoms with Crippen LogP contribution in [0.25, 0.3) is 0 Å². The van der Waals surface area contributed by atoms with E-state index in [1.54, 1.807) is 78.9 Å². The molecule has 0 bridgehead atoms. The lowest BCUT2D eigenvalue weighted by Gasteiger charge is -2.33. The maximum absolute atomic E-state index is 11.7. The van der Waals surface area contributed by atoms with Crippen molar-refractivity contribution in [3.05, 3.63) is 108 Å². The van der Waals surface area contributed by atoms with Crippen molar-refractivity contribution < 1.29 is 17.2 Å². The van der Waals surface area contributed by atoms with Crippen LogP contribution in [0, 0.1) is 11.3 Å². The van der Waals surface area contributed by atoms with E-state index >= 15 is 0 Å². The smallest absolute Gasteiger partial charge is 0.344 e. The molecular formula is C21H22N2O4S. The van der Waals surface area contributed by atoms with E-state index in [-0.39, 0.29) is 6.15 Å². The van der Waals surface area contributed by atoms with Gasteiger partial charge in [-0.25, -0.2) is 4.18 Å². The molecule has 7 heteroatoms. The Hall–Kier alpha value is -3.02. The lowest BCUT2D eigenvalue weighted by atomic mass is 9.80. The summed E-state index contributed by atoms with van der Waals surface area (Å²) in [7, 11) is -4.73. The Labute approximate surface area is 165 Å². The molecule has 4 N–H and O–H groups in total. The Balaban J connectivity index is 0.000000921. The summed E-state index contributed by atoms with van der Waals surface area (Å²) < 4.78 is 38.2. The van der Waals surface area contributed by atoms with Crippen LogP contribution in [0.15, 0.2) is 91.0 Å². The van der Waals surface area contributed by atoms with E-state index in [4.69, 9.17) is 9.44 Å². The predicted octanol–water partition coefficient (Wildman–Crippen LogP) is 4.49. The normalized spacial score (nSPS) is 10.6. The number of nitrogens with zero attached hydrogens (tertiary/aromatic N) is 1. The van der Waals surface area contributed by atoms with E-state index < -0.39 is 16.0 Å². The molecule has 0 fully saturated rings. The van der Waals surface area contributed by atoms with Gasteiger partial charge in [0.2, 0.25) is 0 Å². The van der Waals surface area contributed by atoms with Gasteiger partial charge in [-0.3, -0.25) is 4.55 Å². The first-order valence-corrected chi connectivity index (χ1v) is 9.46. The molecule has 0 saturated carbocycles. The van der Waals surface area contributed by atoms with Crippen molar-refractivity contribution >= 4 is 10.4 Å². The van der Waals surface area contributed by atoms with Crippen molar-refractivity contribution in [2.24, 2.45) is 0 Å². The van der Waals surface area contributed by atoms with E-state index in [0.717, 1.165) is 0 Å². The van der Waals surface area contributed by atoms with E-state index in [1.807, 2.05) is 18.2 Å². The number of rotatable bonds is 5. The standard InChI is InChI=1S/C19H16O4S.C2H3N.H3N/c20-24(21,22)23-19(16-10-4-1-5-11-16,17-12-6-2-7-13-17)18-14-8-3-9-15-18;1-2-3;/h1-15H,(H,20,21,22);1H3;1H3. The molecule has 0 heterocycles. The zero-order valence-electron chi connectivity index (χ0n) is 15.4. The molecule has 0 spiro atoms. The Morgan fingerprint density at radius 2 is 1.04 bits per heavy atom. The van der Waals surface area contributed by atoms with Crippen LogP contribution in [0.2, 0.25) is 0 Å². The second kappa shape index (κ2) is 10.3. The van der Waals surface area contributed by atoms with Crippen LogP contribution in [0.5, 0.6) is 0 Å². The number of hydrogen-bond acceptors (Lipinski definition) is 5. The first-order chi connectivity index (χ1) is 12.9. The molecule has 0 aromatic heterocycles. The molecule has 146 valence electrons. The fourth-order valence-electron chi connectivity index (χ4n) is 2.82. The average Bonchev–Trinajstić information content (AvgIpc) is 2.68. The van der Waals surface area contributed by atoms with Crippen LogP contribution >= 0.6 is 0 Å². The molecule has 3 aromatic rings. The third-order valence-corrected chi connectivity index (χ3v) is 4.23. The summed E-state index contributed by atoms with van der Waals surface area (Å²) in [5.41, 5.74) is 0.317. The van der Waals surface area contributed by atoms with Gasteiger partial charge in [-0.05, 0) is 16.7 Å². The minimum Gasteiger partial charge on any atom is -0.344 e. The van der Waals surface area contributed by atoms with Crippen LogP contribution in [-0.4, -0.2) is 13.0 Å². The molecule has 0 aliphatic rings. The van der Waals surface area contributed by atoms with Gasteiger partial charge >= 0.3 is 10.4 Å². The van der Waals surface area contributed by atoms with Gasteiger partial charge in [0.05, 0.1) is 6.07 Å². The van der Waals surface area contributed by atoms with Crippen molar-refractivity contribution in [1.29, 1.82) is 5.26 Å². The van der Waals surface area contributed by atoms with Crippen LogP contribution in [-0.2, 0) is 20.2 Å². The number of hydrogen-bond donors (Lipinski definition) is 2. The molecular weight excluding hydrogens is 376 g/mol. The van der Waals surface area contributed by atoms with Crippen LogP contribution in [0.4, 0.5) is 0 Å². The largest absolute Gasteiger partial charge is 0.398 e. The fourth-order valence-corrected chi connectivity index (χ4v) is 3.43. The summed E-state index contributed by atoms with van der Waals surface area (Å²) in [6.45, 7) is 1.43. The summed E-state index contributed by atoms with van der Waals surface area (Å²) in [4.78, 5) is 0. The minimum absolute atomic E-state index is 0. The first-order valence-electron chi connectivity index (χ1n) is 8.09. The van der Waals surface area contributed by atoms with Gasteiger partial charge in [0.25, 0.3) is 0 Å². The molecule has 0 radical (unpaired) electrons. The first kappa shape index (κ1) is 23.0. The monoisotopic (exact) mass is 398 g/mol. The highest BCUT2D eigenvalue weighted by Crippen LogP contribution is 2.41. The van der Waals surface area contributed by atoms with Crippen molar-refractivity contribution in [3.8, 4) is 6.07 Å². The Kier molecular flexibility index (Phi) is 8.51. The molecule has 3 aromatic carbocycles. The molecule has 3 rings (SSSR count). The quantitative estimate of drug-likeness (QED) is 0.482. The van der Waals surface area contributed by atoms with Gasteiger partial charge in [0.15, 0.2) is 5.60 Å². The highest BCUT2D eigenvalue weighted by molar-refractivity contribution is 7.80. The van der Waals surface area contributed by atoms with Crippen molar-refractivity contribution in [2.45, 2.75) is 12.5 Å². The zero-order valence-corrected chi connectivity index (χ0v) is 16.2. The van der Waals surface area contributed by atoms with Crippen molar-refractivity contribution in [3.63, 3.8) is 0 Å². The summed E-state index contributed by atoms with van der Waals surface area (Å²) in [6, 6.07) is 28.6. The summed E-state index contributed by atoms with van der Waals surface area (Å²) in [6.07, 6.45) is 0. The van der Waals surface area contributed by atoms with Crippen LogP contribution in [0.1, 0.15) is 23.6 Å². The van der Waals surface area contributed by atoms with Crippen LogP contribution in [0.3, 0.4) is 0 Å². The second-order valence-electron chi connectivity index (χ2n) is 5.51. The van der Waals surface area contributed by atoms with Crippen LogP contribution < -0.4 is 6.15 Å². The van der Waals surface area contributed by atoms with Gasteiger partial charge in [-0.1, -0.05) is 91.0 Å². The Bertz CT molecular complexity index is 890. The molecule has 0 amide bonds. The highest BCUT2D eigenvalue weighted by Gasteiger charge is 2.41. The molecule has 0 unspecified atom stereocenters. The third-order valence-electron chi connectivity index (χ3n) is 3.77. The molecule has 0 aliphatic heterocycles. The number of nitriles is 1. The molecule has 0 saturated heterocycles. The SMILES string of the molecule is CC#N.N.O=S(=O)(O)OC(c1ccccc1)(c1ccccc1)c1ccccc1. The van der Waals surface area contributed by atoms with Gasteiger partial charge < -0.3 is 6.15 Å². The van der Waals surface area contributed by atoms with E-state index in [1.165, 1.54) is 6.92 Å². The number of benzene rings is 3. The minimum atomic E-state index is -4.73. The maximum atomic E-state index is 11.7. The summed E-state index contributed by atoms with van der Waals surface area (Å²) >= 11 is 0. The highest BCUT2D eigenvalue weighted by atomic mass is 32.3. The van der Waals surface area contributed by atoms with Crippen molar-refractivity contribution in [2.75, 3.05) is 0 Å². The third kappa shape index (κ3) is 5.49. The van der Waals surface area contributed by atoms with Gasteiger partial charge in [-0.15, -0.1) is 0 Å². The molecule has 0 atom stereocenters. The fraction of sp³-hybridized carbons (Fsp3) is 0.0952. The van der Waals surface area contributed by atoms with Crippen molar-refractivity contribution in [1.82, 2.24) is 6.15 Å². The summed E-state index contributed by atoms with van der Waals surface area (Å²) in [5, 5.41) is 7.32. The van der Waals surface area contributed by atoms with Gasteiger partial charge in [0.1, 0.15) is 0 Å². The zero-order chi connectivity index (χ0) is 19.8.